The molecule has 1 atom stereocenters. The molecule has 1 unspecified atom stereocenters. The highest BCUT2D eigenvalue weighted by atomic mass is 15.1. The van der Waals surface area contributed by atoms with Gasteiger partial charge in [-0.1, -0.05) is 26.8 Å². The molecule has 0 spiro atoms. The average molecular weight is 214 g/mol. The van der Waals surface area contributed by atoms with Crippen molar-refractivity contribution in [3.8, 4) is 0 Å². The van der Waals surface area contributed by atoms with Crippen molar-refractivity contribution in [2.24, 2.45) is 0 Å². The van der Waals surface area contributed by atoms with Gasteiger partial charge >= 0.3 is 0 Å². The van der Waals surface area contributed by atoms with Crippen LogP contribution in [0.5, 0.6) is 0 Å². The van der Waals surface area contributed by atoms with E-state index in [4.69, 9.17) is 4.98 Å². The largest absolute Gasteiger partial charge is 0.301 e. The van der Waals surface area contributed by atoms with Gasteiger partial charge in [0, 0.05) is 17.0 Å². The maximum Gasteiger partial charge on any atom is 0.137 e. The van der Waals surface area contributed by atoms with Gasteiger partial charge in [0.1, 0.15) is 5.65 Å². The zero-order chi connectivity index (χ0) is 11.5. The molecule has 0 N–H and O–H groups in total. The summed E-state index contributed by atoms with van der Waals surface area (Å²) in [5.74, 6) is 0.587. The summed E-state index contributed by atoms with van der Waals surface area (Å²) in [6.07, 6.45) is 1.21. The minimum Gasteiger partial charge on any atom is -0.301 e. The topological polar surface area (TPSA) is 17.3 Å². The first-order chi connectivity index (χ1) is 7.50. The van der Waals surface area contributed by atoms with Gasteiger partial charge in [-0.25, -0.2) is 4.98 Å². The first-order valence-electron chi connectivity index (χ1n) is 5.99. The smallest absolute Gasteiger partial charge is 0.137 e. The minimum absolute atomic E-state index is 0.250. The lowest BCUT2D eigenvalue weighted by molar-refractivity contribution is 0.473. The lowest BCUT2D eigenvalue weighted by atomic mass is 9.89. The van der Waals surface area contributed by atoms with E-state index in [9.17, 15) is 0 Å². The van der Waals surface area contributed by atoms with E-state index in [2.05, 4.69) is 50.3 Å². The van der Waals surface area contributed by atoms with Crippen LogP contribution in [0.25, 0.3) is 5.65 Å². The summed E-state index contributed by atoms with van der Waals surface area (Å²) in [5.41, 5.74) is 5.37. The molecule has 2 heteroatoms. The van der Waals surface area contributed by atoms with Crippen molar-refractivity contribution in [1.82, 2.24) is 9.38 Å². The van der Waals surface area contributed by atoms with Crippen molar-refractivity contribution in [1.29, 1.82) is 0 Å². The molecule has 16 heavy (non-hydrogen) atoms. The van der Waals surface area contributed by atoms with Crippen molar-refractivity contribution in [2.45, 2.75) is 45.4 Å². The number of aromatic nitrogens is 2. The standard InChI is InChI=1S/C14H18N2/c1-9-8-14(3,4)13-12(9)15-11-7-5-6-10(2)16(11)13/h5-7,9H,8H2,1-4H3. The van der Waals surface area contributed by atoms with Crippen molar-refractivity contribution in [3.63, 3.8) is 0 Å². The summed E-state index contributed by atoms with van der Waals surface area (Å²) in [5, 5.41) is 0. The molecule has 0 fully saturated rings. The molecular formula is C14H18N2. The normalized spacial score (nSPS) is 22.6. The Morgan fingerprint density at radius 3 is 2.88 bits per heavy atom. The van der Waals surface area contributed by atoms with Gasteiger partial charge in [0.25, 0.3) is 0 Å². The van der Waals surface area contributed by atoms with E-state index in [-0.39, 0.29) is 5.41 Å². The van der Waals surface area contributed by atoms with Crippen LogP contribution in [0.3, 0.4) is 0 Å². The first kappa shape index (κ1) is 9.88. The second-order valence-corrected chi connectivity index (χ2v) is 5.70. The van der Waals surface area contributed by atoms with E-state index in [1.54, 1.807) is 0 Å². The monoisotopic (exact) mass is 214 g/mol. The third kappa shape index (κ3) is 1.10. The highest BCUT2D eigenvalue weighted by molar-refractivity contribution is 5.50. The molecular weight excluding hydrogens is 196 g/mol. The zero-order valence-electron chi connectivity index (χ0n) is 10.4. The molecule has 2 heterocycles. The Morgan fingerprint density at radius 2 is 2.12 bits per heavy atom. The Labute approximate surface area is 96.3 Å². The summed E-state index contributed by atoms with van der Waals surface area (Å²) in [6, 6.07) is 6.35. The number of rotatable bonds is 0. The molecule has 0 aliphatic heterocycles. The molecule has 2 aromatic heterocycles. The van der Waals surface area contributed by atoms with E-state index in [1.807, 2.05) is 0 Å². The number of hydrogen-bond donors (Lipinski definition) is 0. The van der Waals surface area contributed by atoms with Gasteiger partial charge < -0.3 is 4.40 Å². The fraction of sp³-hybridized carbons (Fsp3) is 0.500. The molecule has 0 saturated heterocycles. The number of imidazole rings is 1. The molecule has 0 bridgehead atoms. The van der Waals surface area contributed by atoms with Crippen LogP contribution < -0.4 is 0 Å². The Bertz CT molecular complexity index is 563. The van der Waals surface area contributed by atoms with Gasteiger partial charge in [-0.05, 0) is 25.5 Å². The Hall–Kier alpha value is -1.31. The molecule has 0 amide bonds. The van der Waals surface area contributed by atoms with Gasteiger partial charge in [0.2, 0.25) is 0 Å². The van der Waals surface area contributed by atoms with Crippen LogP contribution in [0, 0.1) is 6.92 Å². The second-order valence-electron chi connectivity index (χ2n) is 5.70. The highest BCUT2D eigenvalue weighted by Crippen LogP contribution is 2.45. The first-order valence-corrected chi connectivity index (χ1v) is 5.99. The number of aryl methyl sites for hydroxylation is 1. The molecule has 3 rings (SSSR count). The summed E-state index contributed by atoms with van der Waals surface area (Å²) in [7, 11) is 0. The second kappa shape index (κ2) is 2.88. The fourth-order valence-corrected chi connectivity index (χ4v) is 3.22. The number of nitrogens with zero attached hydrogens (tertiary/aromatic N) is 2. The highest BCUT2D eigenvalue weighted by Gasteiger charge is 2.39. The Morgan fingerprint density at radius 1 is 1.38 bits per heavy atom. The van der Waals surface area contributed by atoms with Crippen LogP contribution in [0.1, 0.15) is 50.2 Å². The predicted octanol–water partition coefficient (Wildman–Crippen LogP) is 3.43. The van der Waals surface area contributed by atoms with E-state index in [0.717, 1.165) is 5.65 Å². The van der Waals surface area contributed by atoms with Crippen LogP contribution in [0.2, 0.25) is 0 Å². The molecule has 1 aliphatic rings. The van der Waals surface area contributed by atoms with Gasteiger partial charge in [-0.2, -0.15) is 0 Å². The summed E-state index contributed by atoms with van der Waals surface area (Å²) in [4.78, 5) is 4.79. The lowest BCUT2D eigenvalue weighted by Gasteiger charge is -2.20. The number of fused-ring (bicyclic) bond motifs is 3. The molecule has 84 valence electrons. The summed E-state index contributed by atoms with van der Waals surface area (Å²) >= 11 is 0. The van der Waals surface area contributed by atoms with E-state index in [0.29, 0.717) is 5.92 Å². The summed E-state index contributed by atoms with van der Waals surface area (Å²) in [6.45, 7) is 9.11. The van der Waals surface area contributed by atoms with Crippen molar-refractivity contribution in [3.05, 3.63) is 35.3 Å². The minimum atomic E-state index is 0.250. The fourth-order valence-electron chi connectivity index (χ4n) is 3.22. The van der Waals surface area contributed by atoms with E-state index in [1.165, 1.54) is 23.5 Å². The molecule has 0 radical (unpaired) electrons. The number of pyridine rings is 1. The van der Waals surface area contributed by atoms with Gasteiger partial charge in [0.15, 0.2) is 0 Å². The molecule has 2 nitrogen and oxygen atoms in total. The average Bonchev–Trinajstić information content (AvgIpc) is 2.66. The Balaban J connectivity index is 2.44. The van der Waals surface area contributed by atoms with E-state index < -0.39 is 0 Å². The van der Waals surface area contributed by atoms with Crippen LogP contribution in [-0.2, 0) is 5.41 Å². The maximum atomic E-state index is 4.79. The third-order valence-corrected chi connectivity index (χ3v) is 3.79. The molecule has 0 saturated carbocycles. The van der Waals surface area contributed by atoms with Crippen LogP contribution in [-0.4, -0.2) is 9.38 Å². The van der Waals surface area contributed by atoms with Crippen LogP contribution >= 0.6 is 0 Å². The van der Waals surface area contributed by atoms with Gasteiger partial charge in [-0.15, -0.1) is 0 Å². The van der Waals surface area contributed by atoms with Crippen molar-refractivity contribution in [2.75, 3.05) is 0 Å². The van der Waals surface area contributed by atoms with Crippen LogP contribution in [0.4, 0.5) is 0 Å². The van der Waals surface area contributed by atoms with Crippen molar-refractivity contribution < 1.29 is 0 Å². The van der Waals surface area contributed by atoms with Crippen LogP contribution in [0.15, 0.2) is 18.2 Å². The molecule has 1 aliphatic carbocycles. The lowest BCUT2D eigenvalue weighted by Crippen LogP contribution is -2.16. The summed E-state index contributed by atoms with van der Waals surface area (Å²) < 4.78 is 2.33. The maximum absolute atomic E-state index is 4.79. The number of hydrogen-bond acceptors (Lipinski definition) is 1. The van der Waals surface area contributed by atoms with E-state index >= 15 is 0 Å². The molecule has 2 aromatic rings. The Kier molecular flexibility index (Phi) is 1.78. The quantitative estimate of drug-likeness (QED) is 0.656. The third-order valence-electron chi connectivity index (χ3n) is 3.79. The van der Waals surface area contributed by atoms with Crippen molar-refractivity contribution >= 4 is 5.65 Å². The SMILES string of the molecule is Cc1cccc2nc3c(n12)C(C)(C)CC3C. The predicted molar refractivity (Wildman–Crippen MR) is 66.0 cm³/mol. The van der Waals surface area contributed by atoms with Gasteiger partial charge in [0.05, 0.1) is 11.4 Å². The zero-order valence-corrected chi connectivity index (χ0v) is 10.4. The molecule has 0 aromatic carbocycles. The van der Waals surface area contributed by atoms with Gasteiger partial charge in [-0.3, -0.25) is 0 Å².